The zero-order chi connectivity index (χ0) is 15.3. The Kier molecular flexibility index (Phi) is 5.39. The first kappa shape index (κ1) is 16.4. The van der Waals surface area contributed by atoms with Crippen molar-refractivity contribution in [2.24, 2.45) is 0 Å². The Morgan fingerprint density at radius 2 is 1.81 bits per heavy atom. The second kappa shape index (κ2) is 6.89. The van der Waals surface area contributed by atoms with E-state index in [9.17, 15) is 4.39 Å². The van der Waals surface area contributed by atoms with Crippen molar-refractivity contribution in [3.05, 3.63) is 35.6 Å². The molecule has 118 valence electrons. The predicted octanol–water partition coefficient (Wildman–Crippen LogP) is 4.43. The van der Waals surface area contributed by atoms with Gasteiger partial charge in [-0.2, -0.15) is 0 Å². The molecule has 0 bridgehead atoms. The normalized spacial score (nSPS) is 18.7. The summed E-state index contributed by atoms with van der Waals surface area (Å²) in [5.41, 5.74) is 0.581. The second-order valence-corrected chi connectivity index (χ2v) is 7.23. The Morgan fingerprint density at radius 1 is 1.14 bits per heavy atom. The summed E-state index contributed by atoms with van der Waals surface area (Å²) in [5, 5.41) is 3.56. The average molecular weight is 293 g/mol. The van der Waals surface area contributed by atoms with Crippen LogP contribution in [0.15, 0.2) is 24.3 Å². The monoisotopic (exact) mass is 293 g/mol. The molecule has 1 fully saturated rings. The van der Waals surface area contributed by atoms with E-state index in [-0.39, 0.29) is 17.0 Å². The van der Waals surface area contributed by atoms with E-state index in [1.165, 1.54) is 25.3 Å². The van der Waals surface area contributed by atoms with Crippen molar-refractivity contribution in [2.45, 2.75) is 70.6 Å². The summed E-state index contributed by atoms with van der Waals surface area (Å²) < 4.78 is 20.0. The predicted molar refractivity (Wildman–Crippen MR) is 84.8 cm³/mol. The van der Waals surface area contributed by atoms with Crippen LogP contribution in [0.25, 0.3) is 0 Å². The maximum absolute atomic E-state index is 13.7. The molecule has 0 unspecified atom stereocenters. The van der Waals surface area contributed by atoms with Gasteiger partial charge in [0.1, 0.15) is 5.82 Å². The number of nitrogens with one attached hydrogen (secondary N) is 1. The Morgan fingerprint density at radius 3 is 2.43 bits per heavy atom. The highest BCUT2D eigenvalue weighted by Gasteiger charge is 2.34. The highest BCUT2D eigenvalue weighted by molar-refractivity contribution is 5.16. The summed E-state index contributed by atoms with van der Waals surface area (Å²) in [7, 11) is 0. The van der Waals surface area contributed by atoms with Gasteiger partial charge in [-0.05, 0) is 39.7 Å². The van der Waals surface area contributed by atoms with Crippen molar-refractivity contribution in [3.8, 4) is 0 Å². The van der Waals surface area contributed by atoms with Gasteiger partial charge >= 0.3 is 0 Å². The molecule has 2 rings (SSSR count). The molecule has 3 heteroatoms. The van der Waals surface area contributed by atoms with E-state index in [1.807, 2.05) is 12.1 Å². The minimum absolute atomic E-state index is 0.0752. The second-order valence-electron chi connectivity index (χ2n) is 7.23. The smallest absolute Gasteiger partial charge is 0.128 e. The molecule has 1 aliphatic carbocycles. The van der Waals surface area contributed by atoms with E-state index in [1.54, 1.807) is 6.07 Å². The van der Waals surface area contributed by atoms with Gasteiger partial charge in [0, 0.05) is 17.6 Å². The molecule has 21 heavy (non-hydrogen) atoms. The van der Waals surface area contributed by atoms with E-state index in [4.69, 9.17) is 4.74 Å². The standard InChI is InChI=1S/C18H28FNO/c1-17(2,3)20-14-18(11-7-4-8-12-18)21-13-15-9-5-6-10-16(15)19/h5-6,9-10,20H,4,7-8,11-14H2,1-3H3. The average Bonchev–Trinajstić information content (AvgIpc) is 2.45. The van der Waals surface area contributed by atoms with Crippen LogP contribution >= 0.6 is 0 Å². The van der Waals surface area contributed by atoms with Gasteiger partial charge in [-0.1, -0.05) is 37.5 Å². The maximum atomic E-state index is 13.7. The number of hydrogen-bond donors (Lipinski definition) is 1. The summed E-state index contributed by atoms with van der Waals surface area (Å²) in [6.07, 6.45) is 5.79. The highest BCUT2D eigenvalue weighted by atomic mass is 19.1. The molecule has 0 radical (unpaired) electrons. The fraction of sp³-hybridized carbons (Fsp3) is 0.667. The molecule has 1 aliphatic rings. The third-order valence-corrected chi connectivity index (χ3v) is 4.20. The van der Waals surface area contributed by atoms with Crippen LogP contribution in [0.5, 0.6) is 0 Å². The van der Waals surface area contributed by atoms with E-state index in [0.717, 1.165) is 19.4 Å². The van der Waals surface area contributed by atoms with Gasteiger partial charge < -0.3 is 10.1 Å². The van der Waals surface area contributed by atoms with Gasteiger partial charge in [0.15, 0.2) is 0 Å². The van der Waals surface area contributed by atoms with Crippen molar-refractivity contribution in [1.82, 2.24) is 5.32 Å². The minimum Gasteiger partial charge on any atom is -0.369 e. The molecule has 0 spiro atoms. The number of benzene rings is 1. The van der Waals surface area contributed by atoms with Gasteiger partial charge in [-0.25, -0.2) is 4.39 Å². The Balaban J connectivity index is 2.01. The van der Waals surface area contributed by atoms with Crippen LogP contribution in [0.4, 0.5) is 4.39 Å². The van der Waals surface area contributed by atoms with Gasteiger partial charge in [-0.3, -0.25) is 0 Å². The molecule has 0 aromatic heterocycles. The van der Waals surface area contributed by atoms with Crippen molar-refractivity contribution in [3.63, 3.8) is 0 Å². The lowest BCUT2D eigenvalue weighted by Crippen LogP contribution is -2.50. The lowest BCUT2D eigenvalue weighted by Gasteiger charge is -2.39. The zero-order valence-corrected chi connectivity index (χ0v) is 13.5. The molecule has 0 heterocycles. The fourth-order valence-corrected chi connectivity index (χ4v) is 2.84. The van der Waals surface area contributed by atoms with E-state index in [0.29, 0.717) is 12.2 Å². The van der Waals surface area contributed by atoms with Gasteiger partial charge in [0.2, 0.25) is 0 Å². The van der Waals surface area contributed by atoms with Crippen LogP contribution in [-0.2, 0) is 11.3 Å². The van der Waals surface area contributed by atoms with Gasteiger partial charge in [-0.15, -0.1) is 0 Å². The molecule has 0 saturated heterocycles. The summed E-state index contributed by atoms with van der Waals surface area (Å²) in [5.74, 6) is -0.174. The van der Waals surface area contributed by atoms with Crippen LogP contribution in [0.3, 0.4) is 0 Å². The van der Waals surface area contributed by atoms with E-state index < -0.39 is 0 Å². The topological polar surface area (TPSA) is 21.3 Å². The summed E-state index contributed by atoms with van der Waals surface area (Å²) >= 11 is 0. The molecule has 2 nitrogen and oxygen atoms in total. The molecule has 0 aliphatic heterocycles. The molecule has 0 atom stereocenters. The molecule has 1 aromatic carbocycles. The zero-order valence-electron chi connectivity index (χ0n) is 13.5. The fourth-order valence-electron chi connectivity index (χ4n) is 2.84. The quantitative estimate of drug-likeness (QED) is 0.867. The highest BCUT2D eigenvalue weighted by Crippen LogP contribution is 2.32. The number of hydrogen-bond acceptors (Lipinski definition) is 2. The Labute approximate surface area is 128 Å². The Bertz CT molecular complexity index is 447. The molecule has 1 saturated carbocycles. The first-order chi connectivity index (χ1) is 9.90. The van der Waals surface area contributed by atoms with Crippen molar-refractivity contribution in [2.75, 3.05) is 6.54 Å². The summed E-state index contributed by atoms with van der Waals surface area (Å²) in [6, 6.07) is 6.89. The first-order valence-electron chi connectivity index (χ1n) is 8.03. The van der Waals surface area contributed by atoms with Crippen LogP contribution < -0.4 is 5.32 Å². The van der Waals surface area contributed by atoms with Gasteiger partial charge in [0.25, 0.3) is 0 Å². The molecule has 1 N–H and O–H groups in total. The molecule has 0 amide bonds. The van der Waals surface area contributed by atoms with Crippen molar-refractivity contribution >= 4 is 0 Å². The number of rotatable bonds is 5. The van der Waals surface area contributed by atoms with E-state index in [2.05, 4.69) is 26.1 Å². The lowest BCUT2D eigenvalue weighted by atomic mass is 9.84. The Hall–Kier alpha value is -0.930. The van der Waals surface area contributed by atoms with Crippen molar-refractivity contribution in [1.29, 1.82) is 0 Å². The molecular formula is C18H28FNO. The third-order valence-electron chi connectivity index (χ3n) is 4.20. The summed E-state index contributed by atoms with van der Waals surface area (Å²) in [6.45, 7) is 7.70. The number of ether oxygens (including phenoxy) is 1. The molecular weight excluding hydrogens is 265 g/mol. The van der Waals surface area contributed by atoms with Crippen LogP contribution in [0, 0.1) is 5.82 Å². The van der Waals surface area contributed by atoms with Crippen LogP contribution in [0.1, 0.15) is 58.4 Å². The first-order valence-corrected chi connectivity index (χ1v) is 8.03. The lowest BCUT2D eigenvalue weighted by molar-refractivity contribution is -0.0819. The largest absolute Gasteiger partial charge is 0.369 e. The number of halogens is 1. The van der Waals surface area contributed by atoms with Crippen molar-refractivity contribution < 1.29 is 9.13 Å². The van der Waals surface area contributed by atoms with E-state index >= 15 is 0 Å². The minimum atomic E-state index is -0.174. The molecule has 1 aromatic rings. The van der Waals surface area contributed by atoms with Crippen LogP contribution in [0.2, 0.25) is 0 Å². The van der Waals surface area contributed by atoms with Gasteiger partial charge in [0.05, 0.1) is 12.2 Å². The third kappa shape index (κ3) is 5.08. The maximum Gasteiger partial charge on any atom is 0.128 e. The summed E-state index contributed by atoms with van der Waals surface area (Å²) in [4.78, 5) is 0. The van der Waals surface area contributed by atoms with Crippen LogP contribution in [-0.4, -0.2) is 17.7 Å². The SMILES string of the molecule is CC(C)(C)NCC1(OCc2ccccc2F)CCCCC1.